The minimum atomic E-state index is -0.160. The van der Waals surface area contributed by atoms with Crippen molar-refractivity contribution in [2.45, 2.75) is 26.4 Å². The summed E-state index contributed by atoms with van der Waals surface area (Å²) in [6, 6.07) is 19.7. The molecule has 0 aliphatic heterocycles. The molecule has 176 valence electrons. The first-order valence-electron chi connectivity index (χ1n) is 11.5. The second kappa shape index (κ2) is 10.5. The number of benzene rings is 2. The Balaban J connectivity index is 1.58. The molecule has 7 heteroatoms. The van der Waals surface area contributed by atoms with Crippen molar-refractivity contribution in [1.82, 2.24) is 25.0 Å². The quantitative estimate of drug-likeness (QED) is 0.399. The number of hydrogen-bond donors (Lipinski definition) is 1. The summed E-state index contributed by atoms with van der Waals surface area (Å²) in [5.74, 6) is 0.635. The van der Waals surface area contributed by atoms with Crippen LogP contribution in [0.15, 0.2) is 66.9 Å². The molecular formula is C27H31N5O2. The summed E-state index contributed by atoms with van der Waals surface area (Å²) in [6.07, 6.45) is 1.73. The van der Waals surface area contributed by atoms with Gasteiger partial charge < -0.3 is 15.0 Å². The maximum atomic E-state index is 13.3. The number of hydrogen-bond acceptors (Lipinski definition) is 5. The Labute approximate surface area is 200 Å². The van der Waals surface area contributed by atoms with Crippen LogP contribution in [0.1, 0.15) is 35.8 Å². The Bertz CT molecular complexity index is 1260. The van der Waals surface area contributed by atoms with Gasteiger partial charge >= 0.3 is 0 Å². The Kier molecular flexibility index (Phi) is 7.23. The molecule has 0 saturated carbocycles. The minimum Gasteiger partial charge on any atom is -0.492 e. The van der Waals surface area contributed by atoms with E-state index >= 15 is 0 Å². The summed E-state index contributed by atoms with van der Waals surface area (Å²) >= 11 is 0. The summed E-state index contributed by atoms with van der Waals surface area (Å²) < 4.78 is 7.68. The van der Waals surface area contributed by atoms with E-state index in [1.807, 2.05) is 79.4 Å². The SMILES string of the molecule is CC(C)n1ncc2c(C(=O)NCc3cccc(OCCN(C)C)c3)cc(-c3ccccc3)nc21. The van der Waals surface area contributed by atoms with E-state index in [4.69, 9.17) is 9.72 Å². The van der Waals surface area contributed by atoms with Gasteiger partial charge in [-0.2, -0.15) is 5.10 Å². The smallest absolute Gasteiger partial charge is 0.252 e. The number of rotatable bonds is 9. The van der Waals surface area contributed by atoms with Crippen LogP contribution in [0, 0.1) is 0 Å². The fraction of sp³-hybridized carbons (Fsp3) is 0.296. The number of nitrogens with zero attached hydrogens (tertiary/aromatic N) is 4. The van der Waals surface area contributed by atoms with E-state index in [0.29, 0.717) is 24.4 Å². The number of likely N-dealkylation sites (N-methyl/N-ethyl adjacent to an activating group) is 1. The largest absolute Gasteiger partial charge is 0.492 e. The van der Waals surface area contributed by atoms with Crippen LogP contribution in [0.3, 0.4) is 0 Å². The molecule has 1 N–H and O–H groups in total. The van der Waals surface area contributed by atoms with Crippen LogP contribution in [0.5, 0.6) is 5.75 Å². The zero-order valence-electron chi connectivity index (χ0n) is 20.2. The van der Waals surface area contributed by atoms with Gasteiger partial charge in [0.1, 0.15) is 12.4 Å². The molecule has 4 aromatic rings. The van der Waals surface area contributed by atoms with Gasteiger partial charge in [-0.05, 0) is 51.7 Å². The molecule has 0 aliphatic carbocycles. The van der Waals surface area contributed by atoms with Crippen LogP contribution in [0.4, 0.5) is 0 Å². The highest BCUT2D eigenvalue weighted by Crippen LogP contribution is 2.26. The van der Waals surface area contributed by atoms with Gasteiger partial charge in [0, 0.05) is 24.7 Å². The van der Waals surface area contributed by atoms with Crippen LogP contribution >= 0.6 is 0 Å². The summed E-state index contributed by atoms with van der Waals surface area (Å²) in [5, 5.41) is 8.30. The highest BCUT2D eigenvalue weighted by atomic mass is 16.5. The van der Waals surface area contributed by atoms with Crippen LogP contribution in [0.2, 0.25) is 0 Å². The van der Waals surface area contributed by atoms with Gasteiger partial charge in [-0.3, -0.25) is 4.79 Å². The van der Waals surface area contributed by atoms with E-state index in [9.17, 15) is 4.79 Å². The molecule has 4 rings (SSSR count). The highest BCUT2D eigenvalue weighted by Gasteiger charge is 2.18. The number of carbonyl (C=O) groups is 1. The lowest BCUT2D eigenvalue weighted by molar-refractivity contribution is 0.0952. The van der Waals surface area contributed by atoms with Gasteiger partial charge in [-0.1, -0.05) is 42.5 Å². The molecule has 0 spiro atoms. The van der Waals surface area contributed by atoms with Crippen molar-refractivity contribution >= 4 is 16.9 Å². The number of aromatic nitrogens is 3. The summed E-state index contributed by atoms with van der Waals surface area (Å²) in [6.45, 7) is 5.95. The van der Waals surface area contributed by atoms with Crippen molar-refractivity contribution in [3.63, 3.8) is 0 Å². The molecule has 0 bridgehead atoms. The van der Waals surface area contributed by atoms with Crippen molar-refractivity contribution in [1.29, 1.82) is 0 Å². The maximum Gasteiger partial charge on any atom is 0.252 e. The van der Waals surface area contributed by atoms with Crippen molar-refractivity contribution in [3.05, 3.63) is 78.0 Å². The first-order chi connectivity index (χ1) is 16.4. The van der Waals surface area contributed by atoms with Gasteiger partial charge in [-0.15, -0.1) is 0 Å². The Morgan fingerprint density at radius 1 is 1.09 bits per heavy atom. The molecule has 7 nitrogen and oxygen atoms in total. The van der Waals surface area contributed by atoms with Crippen LogP contribution in [0.25, 0.3) is 22.3 Å². The molecule has 2 heterocycles. The average molecular weight is 458 g/mol. The second-order valence-corrected chi connectivity index (χ2v) is 8.82. The van der Waals surface area contributed by atoms with Crippen LogP contribution in [-0.4, -0.2) is 52.8 Å². The number of carbonyl (C=O) groups excluding carboxylic acids is 1. The molecule has 1 amide bonds. The number of fused-ring (bicyclic) bond motifs is 1. The molecule has 0 saturated heterocycles. The normalized spacial score (nSPS) is 11.4. The third-order valence-corrected chi connectivity index (χ3v) is 5.53. The third kappa shape index (κ3) is 5.43. The van der Waals surface area contributed by atoms with Crippen LogP contribution < -0.4 is 10.1 Å². The van der Waals surface area contributed by atoms with Gasteiger partial charge in [0.2, 0.25) is 0 Å². The molecule has 0 unspecified atom stereocenters. The molecule has 0 atom stereocenters. The lowest BCUT2D eigenvalue weighted by atomic mass is 10.1. The number of pyridine rings is 1. The van der Waals surface area contributed by atoms with Gasteiger partial charge in [-0.25, -0.2) is 9.67 Å². The Morgan fingerprint density at radius 3 is 2.62 bits per heavy atom. The first kappa shape index (κ1) is 23.4. The predicted molar refractivity (Wildman–Crippen MR) is 135 cm³/mol. The van der Waals surface area contributed by atoms with Crippen molar-refractivity contribution in [2.24, 2.45) is 0 Å². The lowest BCUT2D eigenvalue weighted by Gasteiger charge is -2.13. The molecule has 34 heavy (non-hydrogen) atoms. The van der Waals surface area contributed by atoms with Crippen molar-refractivity contribution in [2.75, 3.05) is 27.2 Å². The second-order valence-electron chi connectivity index (χ2n) is 8.82. The predicted octanol–water partition coefficient (Wildman–Crippen LogP) is 4.55. The topological polar surface area (TPSA) is 72.3 Å². The van der Waals surface area contributed by atoms with E-state index < -0.39 is 0 Å². The molecule has 0 radical (unpaired) electrons. The number of nitrogens with one attached hydrogen (secondary N) is 1. The fourth-order valence-electron chi connectivity index (χ4n) is 3.71. The van der Waals surface area contributed by atoms with E-state index in [0.717, 1.165) is 34.5 Å². The zero-order chi connectivity index (χ0) is 24.1. The molecule has 0 fully saturated rings. The van der Waals surface area contributed by atoms with Gasteiger partial charge in [0.25, 0.3) is 5.91 Å². The monoisotopic (exact) mass is 457 g/mol. The standard InChI is InChI=1S/C27H31N5O2/c1-19(2)32-26-24(18-29-32)23(16-25(30-26)21-10-6-5-7-11-21)27(33)28-17-20-9-8-12-22(15-20)34-14-13-31(3)4/h5-12,15-16,18-19H,13-14,17H2,1-4H3,(H,28,33). The van der Waals surface area contributed by atoms with Crippen molar-refractivity contribution < 1.29 is 9.53 Å². The highest BCUT2D eigenvalue weighted by molar-refractivity contribution is 6.06. The molecule has 2 aromatic heterocycles. The third-order valence-electron chi connectivity index (χ3n) is 5.53. The Morgan fingerprint density at radius 2 is 1.88 bits per heavy atom. The van der Waals surface area contributed by atoms with Crippen LogP contribution in [-0.2, 0) is 6.54 Å². The number of amides is 1. The average Bonchev–Trinajstić information content (AvgIpc) is 3.27. The maximum absolute atomic E-state index is 13.3. The molecular weight excluding hydrogens is 426 g/mol. The van der Waals surface area contributed by atoms with E-state index in [1.54, 1.807) is 6.20 Å². The lowest BCUT2D eigenvalue weighted by Crippen LogP contribution is -2.23. The summed E-state index contributed by atoms with van der Waals surface area (Å²) in [7, 11) is 4.03. The Hall–Kier alpha value is -3.71. The van der Waals surface area contributed by atoms with Crippen molar-refractivity contribution in [3.8, 4) is 17.0 Å². The van der Waals surface area contributed by atoms with E-state index in [1.165, 1.54) is 0 Å². The van der Waals surface area contributed by atoms with Gasteiger partial charge in [0.05, 0.1) is 22.8 Å². The van der Waals surface area contributed by atoms with Gasteiger partial charge in [0.15, 0.2) is 5.65 Å². The van der Waals surface area contributed by atoms with E-state index in [-0.39, 0.29) is 11.9 Å². The fourth-order valence-corrected chi connectivity index (χ4v) is 3.71. The summed E-state index contributed by atoms with van der Waals surface area (Å²) in [4.78, 5) is 20.2. The molecule has 2 aromatic carbocycles. The zero-order valence-corrected chi connectivity index (χ0v) is 20.2. The number of ether oxygens (including phenoxy) is 1. The first-order valence-corrected chi connectivity index (χ1v) is 11.5. The van der Waals surface area contributed by atoms with E-state index in [2.05, 4.69) is 29.2 Å². The minimum absolute atomic E-state index is 0.127. The molecule has 0 aliphatic rings. The summed E-state index contributed by atoms with van der Waals surface area (Å²) in [5.41, 5.74) is 3.95.